The lowest BCUT2D eigenvalue weighted by atomic mass is 10.0. The van der Waals surface area contributed by atoms with Crippen molar-refractivity contribution < 1.29 is 4.79 Å². The minimum Gasteiger partial charge on any atom is -0.355 e. The molecule has 0 saturated heterocycles. The van der Waals surface area contributed by atoms with Gasteiger partial charge in [0, 0.05) is 24.3 Å². The van der Waals surface area contributed by atoms with Gasteiger partial charge >= 0.3 is 0 Å². The fourth-order valence-corrected chi connectivity index (χ4v) is 5.13. The van der Waals surface area contributed by atoms with Gasteiger partial charge in [0.1, 0.15) is 11.9 Å². The van der Waals surface area contributed by atoms with Crippen LogP contribution in [0.15, 0.2) is 42.5 Å². The van der Waals surface area contributed by atoms with Crippen molar-refractivity contribution in [2.24, 2.45) is 0 Å². The first-order chi connectivity index (χ1) is 15.0. The summed E-state index contributed by atoms with van der Waals surface area (Å²) in [6, 6.07) is 15.0. The maximum atomic E-state index is 12.9. The molecule has 2 heterocycles. The van der Waals surface area contributed by atoms with Crippen LogP contribution in [0.4, 0.5) is 11.4 Å². The fourth-order valence-electron chi connectivity index (χ4n) is 5.13. The minimum atomic E-state index is -0.160. The first kappa shape index (κ1) is 22.1. The van der Waals surface area contributed by atoms with Gasteiger partial charge in [0.25, 0.3) is 0 Å². The number of carbonyl (C=O) groups is 1. The van der Waals surface area contributed by atoms with Crippen LogP contribution < -0.4 is 9.80 Å². The average molecular weight is 432 g/mol. The number of benzene rings is 2. The Kier molecular flexibility index (Phi) is 5.80. The Hall–Kier alpha value is -3.15. The van der Waals surface area contributed by atoms with Crippen molar-refractivity contribution in [3.05, 3.63) is 53.9 Å². The van der Waals surface area contributed by atoms with Gasteiger partial charge in [-0.15, -0.1) is 10.2 Å². The zero-order valence-corrected chi connectivity index (χ0v) is 18.7. The summed E-state index contributed by atoms with van der Waals surface area (Å²) in [5.74, 6) is 1.83. The van der Waals surface area contributed by atoms with Crippen LogP contribution in [-0.2, 0) is 4.79 Å². The van der Waals surface area contributed by atoms with E-state index in [0.717, 1.165) is 47.1 Å². The molecule has 1 atom stereocenters. The number of carbonyl (C=O) groups excluding carboxylic acids is 1. The van der Waals surface area contributed by atoms with Crippen molar-refractivity contribution in [3.8, 4) is 17.1 Å². The van der Waals surface area contributed by atoms with E-state index < -0.39 is 0 Å². The molecule has 0 bridgehead atoms. The molecule has 168 valence electrons. The van der Waals surface area contributed by atoms with Crippen molar-refractivity contribution in [2.75, 3.05) is 16.8 Å². The lowest BCUT2D eigenvalue weighted by Crippen LogP contribution is -2.54. The van der Waals surface area contributed by atoms with Crippen molar-refractivity contribution in [3.63, 3.8) is 0 Å². The highest BCUT2D eigenvalue weighted by Gasteiger charge is 2.38. The number of fused-ring (bicyclic) bond motifs is 1. The summed E-state index contributed by atoms with van der Waals surface area (Å²) in [5.41, 5.74) is 5.37. The molecule has 1 aliphatic carbocycles. The molecule has 0 N–H and O–H groups in total. The molecule has 2 aliphatic rings. The summed E-state index contributed by atoms with van der Waals surface area (Å²) in [6.45, 7) is 6.10. The Bertz CT molecular complexity index is 1130. The molecule has 1 amide bonds. The first-order valence-electron chi connectivity index (χ1n) is 11.1. The Labute approximate surface area is 190 Å². The van der Waals surface area contributed by atoms with Crippen LogP contribution in [0.2, 0.25) is 0 Å². The molecule has 1 aliphatic heterocycles. The van der Waals surface area contributed by atoms with Gasteiger partial charge in [-0.25, -0.2) is 0 Å². The molecule has 3 aromatic rings. The third-order valence-electron chi connectivity index (χ3n) is 6.81. The molecule has 1 aromatic heterocycles. The molecule has 2 aromatic carbocycles. The van der Waals surface area contributed by atoms with E-state index in [1.54, 1.807) is 4.90 Å². The predicted octanol–water partition coefficient (Wildman–Crippen LogP) is 5.30. The van der Waals surface area contributed by atoms with Gasteiger partial charge in [-0.1, -0.05) is 38.0 Å². The maximum Gasteiger partial charge on any atom is 0.249 e. The molecular formula is C26H33N5O. The molecule has 0 radical (unpaired) electrons. The predicted molar refractivity (Wildman–Crippen MR) is 131 cm³/mol. The van der Waals surface area contributed by atoms with E-state index in [9.17, 15) is 4.79 Å². The summed E-state index contributed by atoms with van der Waals surface area (Å²) < 4.78 is 2.10. The Morgan fingerprint density at radius 1 is 0.938 bits per heavy atom. The van der Waals surface area contributed by atoms with Gasteiger partial charge in [0.05, 0.1) is 11.4 Å². The van der Waals surface area contributed by atoms with E-state index in [2.05, 4.69) is 69.1 Å². The van der Waals surface area contributed by atoms with Crippen molar-refractivity contribution in [1.82, 2.24) is 14.8 Å². The van der Waals surface area contributed by atoms with E-state index in [1.807, 2.05) is 20.9 Å². The monoisotopic (exact) mass is 431 g/mol. The molecule has 0 spiro atoms. The number of nitrogens with zero attached hydrogens (tertiary/aromatic N) is 5. The smallest absolute Gasteiger partial charge is 0.249 e. The standard InChI is InChI=1S/C25H29N5O.CH4/c1-16-9-12-21(13-10-16)30-18(3)26-27-24(30)19-11-14-22-23(15-19)29(20-7-5-6-8-20)17(2)25(31)28(22)4;/h9-15,17,20H,5-8H2,1-4H3;1H4/t17-;/m1./s1. The first-order valence-corrected chi connectivity index (χ1v) is 11.1. The van der Waals surface area contributed by atoms with Gasteiger partial charge in [0.2, 0.25) is 5.91 Å². The highest BCUT2D eigenvalue weighted by atomic mass is 16.2. The van der Waals surface area contributed by atoms with Crippen LogP contribution in [-0.4, -0.2) is 39.8 Å². The second-order valence-corrected chi connectivity index (χ2v) is 8.86. The van der Waals surface area contributed by atoms with E-state index in [-0.39, 0.29) is 19.4 Å². The lowest BCUT2D eigenvalue weighted by Gasteiger charge is -2.43. The number of aryl methyl sites for hydroxylation is 2. The summed E-state index contributed by atoms with van der Waals surface area (Å²) in [6.07, 6.45) is 4.75. The molecule has 6 nitrogen and oxygen atoms in total. The molecule has 32 heavy (non-hydrogen) atoms. The van der Waals surface area contributed by atoms with Crippen molar-refractivity contribution in [2.45, 2.75) is 66.0 Å². The topological polar surface area (TPSA) is 54.3 Å². The van der Waals surface area contributed by atoms with E-state index in [0.29, 0.717) is 6.04 Å². The number of likely N-dealkylation sites (N-methyl/N-ethyl adjacent to an activating group) is 1. The zero-order valence-electron chi connectivity index (χ0n) is 18.7. The van der Waals surface area contributed by atoms with Crippen LogP contribution in [0, 0.1) is 13.8 Å². The Morgan fingerprint density at radius 3 is 2.31 bits per heavy atom. The van der Waals surface area contributed by atoms with Gasteiger partial charge in [-0.05, 0) is 63.9 Å². The number of anilines is 2. The molecule has 5 rings (SSSR count). The van der Waals surface area contributed by atoms with Gasteiger partial charge in [-0.2, -0.15) is 0 Å². The van der Waals surface area contributed by atoms with Crippen LogP contribution >= 0.6 is 0 Å². The van der Waals surface area contributed by atoms with Gasteiger partial charge < -0.3 is 9.80 Å². The van der Waals surface area contributed by atoms with Crippen LogP contribution in [0.3, 0.4) is 0 Å². The van der Waals surface area contributed by atoms with Gasteiger partial charge in [0.15, 0.2) is 5.82 Å². The maximum absolute atomic E-state index is 12.9. The SMILES string of the molecule is C.Cc1ccc(-n2c(C)nnc2-c2ccc3c(c2)N(C2CCCC2)[C@H](C)C(=O)N3C)cc1. The van der Waals surface area contributed by atoms with Crippen molar-refractivity contribution in [1.29, 1.82) is 0 Å². The molecule has 0 unspecified atom stereocenters. The molecule has 1 fully saturated rings. The summed E-state index contributed by atoms with van der Waals surface area (Å²) in [4.78, 5) is 17.1. The Morgan fingerprint density at radius 2 is 1.62 bits per heavy atom. The molecule has 6 heteroatoms. The third kappa shape index (κ3) is 3.48. The summed E-state index contributed by atoms with van der Waals surface area (Å²) in [5, 5.41) is 8.90. The lowest BCUT2D eigenvalue weighted by molar-refractivity contribution is -0.119. The number of rotatable bonds is 3. The van der Waals surface area contributed by atoms with Gasteiger partial charge in [-0.3, -0.25) is 9.36 Å². The number of hydrogen-bond acceptors (Lipinski definition) is 4. The highest BCUT2D eigenvalue weighted by molar-refractivity contribution is 6.05. The third-order valence-corrected chi connectivity index (χ3v) is 6.81. The number of amides is 1. The zero-order chi connectivity index (χ0) is 21.7. The van der Waals surface area contributed by atoms with E-state index >= 15 is 0 Å². The van der Waals surface area contributed by atoms with E-state index in [4.69, 9.17) is 0 Å². The quantitative estimate of drug-likeness (QED) is 0.565. The van der Waals surface area contributed by atoms with Crippen LogP contribution in [0.5, 0.6) is 0 Å². The summed E-state index contributed by atoms with van der Waals surface area (Å²) >= 11 is 0. The number of aromatic nitrogens is 3. The minimum absolute atomic E-state index is 0. The normalized spacial score (nSPS) is 18.6. The highest BCUT2D eigenvalue weighted by Crippen LogP contribution is 2.42. The van der Waals surface area contributed by atoms with Crippen LogP contribution in [0.1, 0.15) is 51.4 Å². The fraction of sp³-hybridized carbons (Fsp3) is 0.423. The van der Waals surface area contributed by atoms with Crippen molar-refractivity contribution >= 4 is 17.3 Å². The summed E-state index contributed by atoms with van der Waals surface area (Å²) in [7, 11) is 1.88. The molecule has 1 saturated carbocycles. The Balaban J connectivity index is 0.00000245. The number of hydrogen-bond donors (Lipinski definition) is 0. The molecular weight excluding hydrogens is 398 g/mol. The average Bonchev–Trinajstić information content (AvgIpc) is 3.43. The second-order valence-electron chi connectivity index (χ2n) is 8.86. The van der Waals surface area contributed by atoms with Crippen LogP contribution in [0.25, 0.3) is 17.1 Å². The largest absolute Gasteiger partial charge is 0.355 e. The second kappa shape index (κ2) is 8.41. The van der Waals surface area contributed by atoms with E-state index in [1.165, 1.54) is 18.4 Å².